The molecule has 0 saturated carbocycles. The normalized spacial score (nSPS) is 12.7. The van der Waals surface area contributed by atoms with Gasteiger partial charge in [0.15, 0.2) is 0 Å². The van der Waals surface area contributed by atoms with Crippen molar-refractivity contribution in [3.63, 3.8) is 0 Å². The highest BCUT2D eigenvalue weighted by Crippen LogP contribution is 2.20. The number of nitrogens with one attached hydrogen (secondary N) is 1. The van der Waals surface area contributed by atoms with Crippen molar-refractivity contribution in [2.75, 3.05) is 13.2 Å². The Hall–Kier alpha value is -2.18. The second-order valence-corrected chi connectivity index (χ2v) is 27.7. The quantitative estimate of drug-likeness (QED) is 0.0320. The molecule has 0 aliphatic rings. The molecule has 0 aliphatic heterocycles. The molecule has 2 unspecified atom stereocenters. The summed E-state index contributed by atoms with van der Waals surface area (Å²) in [6.45, 7) is 4.90. The van der Waals surface area contributed by atoms with Gasteiger partial charge in [0, 0.05) is 12.8 Å². The highest BCUT2D eigenvalue weighted by Gasteiger charge is 2.18. The molecule has 89 heavy (non-hydrogen) atoms. The Morgan fingerprint density at radius 2 is 0.573 bits per heavy atom. The fourth-order valence-corrected chi connectivity index (χ4v) is 12.7. The summed E-state index contributed by atoms with van der Waals surface area (Å²) in [6.07, 6.45) is 104. The van der Waals surface area contributed by atoms with Gasteiger partial charge in [0.25, 0.3) is 0 Å². The average Bonchev–Trinajstić information content (AvgIpc) is 3.63. The molecule has 0 radical (unpaired) electrons. The molecule has 6 heteroatoms. The van der Waals surface area contributed by atoms with Crippen LogP contribution in [0.3, 0.4) is 0 Å². The summed E-state index contributed by atoms with van der Waals surface area (Å²) >= 11 is 0. The first-order chi connectivity index (χ1) is 44.0. The number of ether oxygens (including phenoxy) is 1. The van der Waals surface area contributed by atoms with Crippen LogP contribution in [0.4, 0.5) is 0 Å². The van der Waals surface area contributed by atoms with Gasteiger partial charge in [-0.25, -0.2) is 0 Å². The van der Waals surface area contributed by atoms with E-state index >= 15 is 0 Å². The van der Waals surface area contributed by atoms with E-state index in [0.29, 0.717) is 19.4 Å². The number of aliphatic hydroxyl groups excluding tert-OH is 2. The van der Waals surface area contributed by atoms with E-state index in [9.17, 15) is 19.8 Å². The number of amides is 1. The summed E-state index contributed by atoms with van der Waals surface area (Å²) in [5.41, 5.74) is 0. The fourth-order valence-electron chi connectivity index (χ4n) is 12.7. The minimum atomic E-state index is -0.842. The number of allylic oxidation sites excluding steroid dienone is 7. The van der Waals surface area contributed by atoms with Crippen LogP contribution in [-0.2, 0) is 14.3 Å². The van der Waals surface area contributed by atoms with Gasteiger partial charge in [-0.2, -0.15) is 0 Å². The smallest absolute Gasteiger partial charge is 0.305 e. The molecular formula is C83H157NO5. The highest BCUT2D eigenvalue weighted by atomic mass is 16.5. The van der Waals surface area contributed by atoms with Gasteiger partial charge in [-0.3, -0.25) is 9.59 Å². The summed E-state index contributed by atoms with van der Waals surface area (Å²) < 4.78 is 5.49. The van der Waals surface area contributed by atoms with Crippen LogP contribution in [0.1, 0.15) is 444 Å². The van der Waals surface area contributed by atoms with Crippen LogP contribution in [0.25, 0.3) is 0 Å². The lowest BCUT2D eigenvalue weighted by atomic mass is 10.0. The first kappa shape index (κ1) is 86.8. The molecule has 0 rings (SSSR count). The number of carbonyl (C=O) groups excluding carboxylic acids is 2. The lowest BCUT2D eigenvalue weighted by Gasteiger charge is -2.20. The SMILES string of the molecule is CCCC/C=C\C/C=C\CCCCCCCC(=O)OCCCCCCCCCCCCCCCCCCCC/C=C\CCCCCCCCCCCCCCCCCCCC(=O)NC(CO)C(O)/C=C/CCCCCCCCCCCCCCCCCCC. The third-order valence-corrected chi connectivity index (χ3v) is 18.8. The van der Waals surface area contributed by atoms with Crippen LogP contribution in [0.15, 0.2) is 48.6 Å². The van der Waals surface area contributed by atoms with Gasteiger partial charge in [0.05, 0.1) is 25.4 Å². The maximum atomic E-state index is 12.5. The first-order valence-corrected chi connectivity index (χ1v) is 40.4. The van der Waals surface area contributed by atoms with Gasteiger partial charge in [0.1, 0.15) is 0 Å². The number of rotatable bonds is 76. The van der Waals surface area contributed by atoms with Crippen LogP contribution < -0.4 is 5.32 Å². The Morgan fingerprint density at radius 1 is 0.315 bits per heavy atom. The van der Waals surface area contributed by atoms with Crippen molar-refractivity contribution in [2.24, 2.45) is 0 Å². The largest absolute Gasteiger partial charge is 0.466 e. The Kier molecular flexibility index (Phi) is 76.3. The number of hydrogen-bond acceptors (Lipinski definition) is 5. The molecule has 1 amide bonds. The monoisotopic (exact) mass is 1250 g/mol. The van der Waals surface area contributed by atoms with Gasteiger partial charge in [-0.05, 0) is 83.5 Å². The van der Waals surface area contributed by atoms with E-state index < -0.39 is 12.1 Å². The average molecular weight is 1250 g/mol. The molecule has 0 aliphatic carbocycles. The summed E-state index contributed by atoms with van der Waals surface area (Å²) in [4.78, 5) is 24.6. The molecule has 2 atom stereocenters. The lowest BCUT2D eigenvalue weighted by molar-refractivity contribution is -0.143. The lowest BCUT2D eigenvalue weighted by Crippen LogP contribution is -2.45. The second kappa shape index (κ2) is 78.3. The van der Waals surface area contributed by atoms with Crippen molar-refractivity contribution < 1.29 is 24.5 Å². The van der Waals surface area contributed by atoms with Crippen LogP contribution in [0.2, 0.25) is 0 Å². The predicted octanol–water partition coefficient (Wildman–Crippen LogP) is 26.8. The topological polar surface area (TPSA) is 95.9 Å². The summed E-state index contributed by atoms with van der Waals surface area (Å²) in [6, 6.07) is -0.626. The van der Waals surface area contributed by atoms with Gasteiger partial charge >= 0.3 is 5.97 Å². The molecule has 0 aromatic rings. The third-order valence-electron chi connectivity index (χ3n) is 18.8. The Balaban J connectivity index is 3.35. The molecule has 0 bridgehead atoms. The molecule has 6 nitrogen and oxygen atoms in total. The van der Waals surface area contributed by atoms with Crippen LogP contribution in [0.5, 0.6) is 0 Å². The van der Waals surface area contributed by atoms with E-state index in [-0.39, 0.29) is 18.5 Å². The third kappa shape index (κ3) is 74.7. The molecule has 0 aromatic heterocycles. The van der Waals surface area contributed by atoms with E-state index in [2.05, 4.69) is 55.6 Å². The van der Waals surface area contributed by atoms with E-state index in [0.717, 1.165) is 51.4 Å². The van der Waals surface area contributed by atoms with Gasteiger partial charge < -0.3 is 20.3 Å². The van der Waals surface area contributed by atoms with E-state index in [1.165, 1.54) is 366 Å². The van der Waals surface area contributed by atoms with Gasteiger partial charge in [0.2, 0.25) is 5.91 Å². The van der Waals surface area contributed by atoms with E-state index in [1.807, 2.05) is 6.08 Å². The zero-order chi connectivity index (χ0) is 64.2. The predicted molar refractivity (Wildman–Crippen MR) is 393 cm³/mol. The van der Waals surface area contributed by atoms with Crippen molar-refractivity contribution in [1.29, 1.82) is 0 Å². The summed E-state index contributed by atoms with van der Waals surface area (Å²) in [5, 5.41) is 23.3. The van der Waals surface area contributed by atoms with Gasteiger partial charge in [-0.1, -0.05) is 396 Å². The van der Waals surface area contributed by atoms with Gasteiger partial charge in [-0.15, -0.1) is 0 Å². The number of esters is 1. The maximum absolute atomic E-state index is 12.5. The number of aliphatic hydroxyl groups is 2. The standard InChI is InChI=1S/C83H157NO5/c1-3-5-7-9-11-13-15-17-19-20-42-45-48-51-55-59-63-67-71-75-81(86)80(79-85)84-82(87)76-72-68-64-60-56-52-49-46-43-40-38-36-34-32-30-28-26-24-22-21-23-25-27-29-31-33-35-37-39-41-44-47-50-54-58-62-66-70-74-78-89-83(88)77-73-69-65-61-57-53-18-16-14-12-10-8-6-4-2/h10,12,16,18,21-22,71,75,80-81,85-86H,3-9,11,13-15,17,19-20,23-70,72-74,76-79H2,1-2H3,(H,84,87)/b12-10-,18-16-,22-21-,75-71+. The van der Waals surface area contributed by atoms with E-state index in [4.69, 9.17) is 4.74 Å². The minimum Gasteiger partial charge on any atom is -0.466 e. The van der Waals surface area contributed by atoms with Crippen LogP contribution in [-0.4, -0.2) is 47.4 Å². The second-order valence-electron chi connectivity index (χ2n) is 27.7. The molecule has 0 saturated heterocycles. The number of unbranched alkanes of at least 4 members (excludes halogenated alkanes) is 59. The fraction of sp³-hybridized carbons (Fsp3) is 0.880. The van der Waals surface area contributed by atoms with E-state index in [1.54, 1.807) is 6.08 Å². The molecule has 0 spiro atoms. The zero-order valence-corrected chi connectivity index (χ0v) is 60.2. The Labute approximate surface area is 556 Å². The molecule has 3 N–H and O–H groups in total. The number of hydrogen-bond donors (Lipinski definition) is 3. The van der Waals surface area contributed by atoms with Crippen LogP contribution in [0, 0.1) is 0 Å². The molecule has 0 heterocycles. The first-order valence-electron chi connectivity index (χ1n) is 40.4. The Bertz CT molecular complexity index is 1490. The highest BCUT2D eigenvalue weighted by molar-refractivity contribution is 5.76. The van der Waals surface area contributed by atoms with Crippen molar-refractivity contribution in [1.82, 2.24) is 5.32 Å². The molecular weight excluding hydrogens is 1090 g/mol. The maximum Gasteiger partial charge on any atom is 0.305 e. The van der Waals surface area contributed by atoms with Crippen molar-refractivity contribution in [2.45, 2.75) is 456 Å². The molecule has 524 valence electrons. The summed E-state index contributed by atoms with van der Waals surface area (Å²) in [7, 11) is 0. The van der Waals surface area contributed by atoms with Crippen molar-refractivity contribution in [3.8, 4) is 0 Å². The summed E-state index contributed by atoms with van der Waals surface area (Å²) in [5.74, 6) is -0.0518. The number of carbonyl (C=O) groups is 2. The minimum absolute atomic E-state index is 0.00793. The Morgan fingerprint density at radius 3 is 0.899 bits per heavy atom. The zero-order valence-electron chi connectivity index (χ0n) is 60.2. The van der Waals surface area contributed by atoms with Crippen molar-refractivity contribution in [3.05, 3.63) is 48.6 Å². The molecule has 0 aromatic carbocycles. The van der Waals surface area contributed by atoms with Crippen molar-refractivity contribution >= 4 is 11.9 Å². The van der Waals surface area contributed by atoms with Crippen LogP contribution >= 0.6 is 0 Å². The molecule has 0 fully saturated rings.